The van der Waals surface area contributed by atoms with Gasteiger partial charge in [0.2, 0.25) is 0 Å². The third kappa shape index (κ3) is 3.20. The number of aliphatic carboxylic acids is 1. The third-order valence-electron chi connectivity index (χ3n) is 3.84. The zero-order valence-electron chi connectivity index (χ0n) is 11.4. The molecule has 108 valence electrons. The first-order valence-corrected chi connectivity index (χ1v) is 7.59. The van der Waals surface area contributed by atoms with Crippen LogP contribution in [-0.4, -0.2) is 23.0 Å². The van der Waals surface area contributed by atoms with E-state index in [1.807, 2.05) is 19.1 Å². The smallest absolute Gasteiger partial charge is 0.308 e. The maximum absolute atomic E-state index is 12.3. The van der Waals surface area contributed by atoms with Crippen LogP contribution in [0.2, 0.25) is 0 Å². The van der Waals surface area contributed by atoms with Gasteiger partial charge in [-0.05, 0) is 47.3 Å². The van der Waals surface area contributed by atoms with Crippen LogP contribution in [0.25, 0.3) is 0 Å². The molecule has 0 aromatic heterocycles. The monoisotopic (exact) mass is 339 g/mol. The Labute approximate surface area is 126 Å². The lowest BCUT2D eigenvalue weighted by atomic mass is 9.84. The first-order chi connectivity index (χ1) is 9.50. The highest BCUT2D eigenvalue weighted by atomic mass is 79.9. The van der Waals surface area contributed by atoms with Gasteiger partial charge in [0.15, 0.2) is 0 Å². The fourth-order valence-electron chi connectivity index (χ4n) is 2.67. The molecule has 0 aliphatic heterocycles. The van der Waals surface area contributed by atoms with Crippen LogP contribution in [-0.2, 0) is 4.79 Å². The van der Waals surface area contributed by atoms with Gasteiger partial charge in [-0.2, -0.15) is 0 Å². The highest BCUT2D eigenvalue weighted by Crippen LogP contribution is 2.26. The Morgan fingerprint density at radius 2 is 2.00 bits per heavy atom. The number of halogens is 1. The first-order valence-electron chi connectivity index (χ1n) is 6.79. The number of rotatable bonds is 3. The highest BCUT2D eigenvalue weighted by Gasteiger charge is 2.32. The van der Waals surface area contributed by atoms with Crippen molar-refractivity contribution in [1.82, 2.24) is 5.32 Å². The van der Waals surface area contributed by atoms with E-state index < -0.39 is 11.9 Å². The van der Waals surface area contributed by atoms with Crippen molar-refractivity contribution in [3.05, 3.63) is 33.8 Å². The quantitative estimate of drug-likeness (QED) is 0.888. The molecule has 4 nitrogen and oxygen atoms in total. The van der Waals surface area contributed by atoms with E-state index in [0.29, 0.717) is 12.0 Å². The Hall–Kier alpha value is -1.36. The van der Waals surface area contributed by atoms with Gasteiger partial charge in [-0.1, -0.05) is 25.0 Å². The number of carboxylic acid groups (broad SMARTS) is 1. The van der Waals surface area contributed by atoms with E-state index in [1.165, 1.54) is 0 Å². The van der Waals surface area contributed by atoms with Crippen LogP contribution in [0.4, 0.5) is 0 Å². The summed E-state index contributed by atoms with van der Waals surface area (Å²) in [5.74, 6) is -1.51. The van der Waals surface area contributed by atoms with Gasteiger partial charge in [0, 0.05) is 10.5 Å². The van der Waals surface area contributed by atoms with Crippen molar-refractivity contribution in [3.63, 3.8) is 0 Å². The standard InChI is InChI=1S/C15H18BrNO3/c1-9-5-4-7-11(13(9)16)14(18)17-12-8-3-2-6-10(12)15(19)20/h4-5,7,10,12H,2-3,6,8H2,1H3,(H,17,18)(H,19,20). The molecule has 1 aliphatic carbocycles. The fraction of sp³-hybridized carbons (Fsp3) is 0.467. The summed E-state index contributed by atoms with van der Waals surface area (Å²) in [5.41, 5.74) is 1.54. The molecule has 2 unspecified atom stereocenters. The lowest BCUT2D eigenvalue weighted by Gasteiger charge is -2.29. The van der Waals surface area contributed by atoms with Gasteiger partial charge in [-0.3, -0.25) is 9.59 Å². The van der Waals surface area contributed by atoms with Crippen molar-refractivity contribution in [3.8, 4) is 0 Å². The molecule has 0 radical (unpaired) electrons. The summed E-state index contributed by atoms with van der Waals surface area (Å²) in [4.78, 5) is 23.6. The molecule has 20 heavy (non-hydrogen) atoms. The van der Waals surface area contributed by atoms with Crippen LogP contribution in [0.1, 0.15) is 41.6 Å². The predicted molar refractivity (Wildman–Crippen MR) is 79.7 cm³/mol. The van der Waals surface area contributed by atoms with Crippen molar-refractivity contribution in [1.29, 1.82) is 0 Å². The lowest BCUT2D eigenvalue weighted by molar-refractivity contribution is -0.143. The molecule has 0 spiro atoms. The van der Waals surface area contributed by atoms with Crippen LogP contribution in [0.15, 0.2) is 22.7 Å². The number of carbonyl (C=O) groups is 2. The van der Waals surface area contributed by atoms with Crippen LogP contribution in [0.3, 0.4) is 0 Å². The molecule has 1 aliphatic rings. The molecular weight excluding hydrogens is 322 g/mol. The van der Waals surface area contributed by atoms with Gasteiger partial charge < -0.3 is 10.4 Å². The molecule has 1 aromatic rings. The van der Waals surface area contributed by atoms with E-state index in [0.717, 1.165) is 29.3 Å². The Balaban J connectivity index is 2.14. The van der Waals surface area contributed by atoms with E-state index in [1.54, 1.807) is 6.07 Å². The van der Waals surface area contributed by atoms with Crippen LogP contribution >= 0.6 is 15.9 Å². The summed E-state index contributed by atoms with van der Waals surface area (Å²) < 4.78 is 0.764. The second kappa shape index (κ2) is 6.39. The normalized spacial score (nSPS) is 22.3. The average Bonchev–Trinajstić information content (AvgIpc) is 2.42. The summed E-state index contributed by atoms with van der Waals surface area (Å²) in [5, 5.41) is 12.1. The largest absolute Gasteiger partial charge is 0.481 e. The minimum atomic E-state index is -0.821. The number of nitrogens with one attached hydrogen (secondary N) is 1. The van der Waals surface area contributed by atoms with Gasteiger partial charge in [0.05, 0.1) is 11.5 Å². The number of aryl methyl sites for hydroxylation is 1. The average molecular weight is 340 g/mol. The molecule has 2 atom stereocenters. The van der Waals surface area contributed by atoms with Crippen molar-refractivity contribution >= 4 is 27.8 Å². The van der Waals surface area contributed by atoms with Crippen molar-refractivity contribution in [2.24, 2.45) is 5.92 Å². The molecular formula is C15H18BrNO3. The Kier molecular flexibility index (Phi) is 4.81. The first kappa shape index (κ1) is 15.0. The second-order valence-corrected chi connectivity index (χ2v) is 6.04. The number of benzene rings is 1. The van der Waals surface area contributed by atoms with Crippen molar-refractivity contribution < 1.29 is 14.7 Å². The number of carboxylic acids is 1. The molecule has 0 saturated heterocycles. The molecule has 2 rings (SSSR count). The Morgan fingerprint density at radius 1 is 1.30 bits per heavy atom. The van der Waals surface area contributed by atoms with Gasteiger partial charge in [-0.15, -0.1) is 0 Å². The molecule has 0 bridgehead atoms. The van der Waals surface area contributed by atoms with Gasteiger partial charge in [0.1, 0.15) is 0 Å². The molecule has 0 heterocycles. The summed E-state index contributed by atoms with van der Waals surface area (Å²) in [6, 6.07) is 5.21. The summed E-state index contributed by atoms with van der Waals surface area (Å²) in [6.45, 7) is 1.92. The molecule has 1 fully saturated rings. The number of amides is 1. The van der Waals surface area contributed by atoms with E-state index >= 15 is 0 Å². The van der Waals surface area contributed by atoms with Crippen LogP contribution < -0.4 is 5.32 Å². The topological polar surface area (TPSA) is 66.4 Å². The van der Waals surface area contributed by atoms with E-state index in [4.69, 9.17) is 0 Å². The fourth-order valence-corrected chi connectivity index (χ4v) is 3.11. The molecule has 1 aromatic carbocycles. The molecule has 5 heteroatoms. The Bertz CT molecular complexity index is 530. The van der Waals surface area contributed by atoms with Gasteiger partial charge >= 0.3 is 5.97 Å². The molecule has 1 saturated carbocycles. The van der Waals surface area contributed by atoms with Crippen molar-refractivity contribution in [2.45, 2.75) is 38.6 Å². The SMILES string of the molecule is Cc1cccc(C(=O)NC2CCCCC2C(=O)O)c1Br. The predicted octanol–water partition coefficient (Wildman–Crippen LogP) is 3.13. The maximum atomic E-state index is 12.3. The van der Waals surface area contributed by atoms with E-state index in [2.05, 4.69) is 21.2 Å². The van der Waals surface area contributed by atoms with Crippen LogP contribution in [0, 0.1) is 12.8 Å². The van der Waals surface area contributed by atoms with E-state index in [9.17, 15) is 14.7 Å². The van der Waals surface area contributed by atoms with Crippen LogP contribution in [0.5, 0.6) is 0 Å². The van der Waals surface area contributed by atoms with Gasteiger partial charge in [0.25, 0.3) is 5.91 Å². The number of hydrogen-bond acceptors (Lipinski definition) is 2. The molecule has 2 N–H and O–H groups in total. The summed E-state index contributed by atoms with van der Waals surface area (Å²) in [6.07, 6.45) is 3.24. The Morgan fingerprint density at radius 3 is 2.70 bits per heavy atom. The third-order valence-corrected chi connectivity index (χ3v) is 4.89. The summed E-state index contributed by atoms with van der Waals surface area (Å²) >= 11 is 3.41. The maximum Gasteiger partial charge on any atom is 0.308 e. The highest BCUT2D eigenvalue weighted by molar-refractivity contribution is 9.10. The van der Waals surface area contributed by atoms with E-state index in [-0.39, 0.29) is 11.9 Å². The second-order valence-electron chi connectivity index (χ2n) is 5.25. The zero-order valence-corrected chi connectivity index (χ0v) is 12.9. The lowest BCUT2D eigenvalue weighted by Crippen LogP contribution is -2.45. The van der Waals surface area contributed by atoms with Gasteiger partial charge in [-0.25, -0.2) is 0 Å². The summed E-state index contributed by atoms with van der Waals surface area (Å²) in [7, 11) is 0. The minimum Gasteiger partial charge on any atom is -0.481 e. The zero-order chi connectivity index (χ0) is 14.7. The molecule has 1 amide bonds. The number of hydrogen-bond donors (Lipinski definition) is 2. The minimum absolute atomic E-state index is 0.210. The number of carbonyl (C=O) groups excluding carboxylic acids is 1. The van der Waals surface area contributed by atoms with Crippen molar-refractivity contribution in [2.75, 3.05) is 0 Å².